The summed E-state index contributed by atoms with van der Waals surface area (Å²) in [4.78, 5) is 28.6. The summed E-state index contributed by atoms with van der Waals surface area (Å²) in [6.07, 6.45) is 0.448. The number of thiazole rings is 1. The summed E-state index contributed by atoms with van der Waals surface area (Å²) in [6, 6.07) is 0. The minimum absolute atomic E-state index is 0.00576. The fraction of sp³-hybridized carbons (Fsp3) is 0.500. The highest BCUT2D eigenvalue weighted by Crippen LogP contribution is 2.27. The summed E-state index contributed by atoms with van der Waals surface area (Å²) < 4.78 is 4.56. The number of aromatic nitrogens is 1. The molecule has 1 atom stereocenters. The van der Waals surface area contributed by atoms with E-state index in [0.717, 1.165) is 0 Å². The van der Waals surface area contributed by atoms with Gasteiger partial charge in [0, 0.05) is 18.3 Å². The largest absolute Gasteiger partial charge is 0.464 e. The van der Waals surface area contributed by atoms with Crippen molar-refractivity contribution in [2.75, 3.05) is 25.1 Å². The molecule has 92 valence electrons. The van der Waals surface area contributed by atoms with Crippen molar-refractivity contribution in [1.82, 2.24) is 4.98 Å². The highest BCUT2D eigenvalue weighted by Gasteiger charge is 2.31. The first-order chi connectivity index (χ1) is 8.15. The van der Waals surface area contributed by atoms with Gasteiger partial charge in [-0.3, -0.25) is 9.69 Å². The van der Waals surface area contributed by atoms with Crippen molar-refractivity contribution >= 4 is 28.3 Å². The maximum Gasteiger partial charge on any atom is 0.357 e. The minimum atomic E-state index is -0.491. The fourth-order valence-electron chi connectivity index (χ4n) is 1.71. The number of esters is 1. The van der Waals surface area contributed by atoms with E-state index in [1.165, 1.54) is 18.4 Å². The molecule has 6 nitrogen and oxygen atoms in total. The van der Waals surface area contributed by atoms with Gasteiger partial charge >= 0.3 is 5.97 Å². The molecule has 1 unspecified atom stereocenters. The van der Waals surface area contributed by atoms with Gasteiger partial charge in [0.2, 0.25) is 5.91 Å². The Bertz CT molecular complexity index is 446. The zero-order valence-electron chi connectivity index (χ0n) is 9.38. The Morgan fingerprint density at radius 2 is 2.53 bits per heavy atom. The fourth-order valence-corrected chi connectivity index (χ4v) is 2.53. The van der Waals surface area contributed by atoms with Gasteiger partial charge in [-0.25, -0.2) is 9.78 Å². The number of methoxy groups -OCH3 is 1. The number of nitrogens with two attached hydrogens (primary N) is 1. The third-order valence-electron chi connectivity index (χ3n) is 2.66. The molecule has 2 heterocycles. The summed E-state index contributed by atoms with van der Waals surface area (Å²) in [5, 5.41) is 2.12. The predicted molar refractivity (Wildman–Crippen MR) is 63.0 cm³/mol. The number of carbonyl (C=O) groups is 2. The van der Waals surface area contributed by atoms with Gasteiger partial charge in [0.25, 0.3) is 0 Å². The van der Waals surface area contributed by atoms with Crippen LogP contribution in [-0.2, 0) is 9.53 Å². The third-order valence-corrected chi connectivity index (χ3v) is 3.52. The maximum absolute atomic E-state index is 11.7. The summed E-state index contributed by atoms with van der Waals surface area (Å²) in [6.45, 7) is 1.06. The van der Waals surface area contributed by atoms with E-state index in [9.17, 15) is 9.59 Å². The SMILES string of the molecule is COC(=O)c1csc(N2CC(CN)CC2=O)n1. The number of carbonyl (C=O) groups excluding carboxylic acids is 2. The Balaban J connectivity index is 2.15. The average molecular weight is 255 g/mol. The van der Waals surface area contributed by atoms with Crippen LogP contribution in [0.3, 0.4) is 0 Å². The molecule has 1 aliphatic heterocycles. The number of hydrogen-bond donors (Lipinski definition) is 1. The number of nitrogens with zero attached hydrogens (tertiary/aromatic N) is 2. The molecular formula is C10H13N3O3S. The van der Waals surface area contributed by atoms with Gasteiger partial charge in [0.05, 0.1) is 7.11 Å². The van der Waals surface area contributed by atoms with E-state index >= 15 is 0 Å². The standard InChI is InChI=1S/C10H13N3O3S/c1-16-9(15)7-5-17-10(12-7)13-4-6(3-11)2-8(13)14/h5-6H,2-4,11H2,1H3. The van der Waals surface area contributed by atoms with Crippen LogP contribution in [0.15, 0.2) is 5.38 Å². The van der Waals surface area contributed by atoms with Crippen LogP contribution in [0, 0.1) is 5.92 Å². The zero-order chi connectivity index (χ0) is 12.4. The lowest BCUT2D eigenvalue weighted by Crippen LogP contribution is -2.25. The molecule has 0 saturated carbocycles. The van der Waals surface area contributed by atoms with E-state index in [0.29, 0.717) is 24.6 Å². The number of ether oxygens (including phenoxy) is 1. The first kappa shape index (κ1) is 12.0. The minimum Gasteiger partial charge on any atom is -0.464 e. The molecule has 0 bridgehead atoms. The summed E-state index contributed by atoms with van der Waals surface area (Å²) >= 11 is 1.26. The van der Waals surface area contributed by atoms with Crippen LogP contribution in [0.2, 0.25) is 0 Å². The van der Waals surface area contributed by atoms with Crippen molar-refractivity contribution in [3.63, 3.8) is 0 Å². The van der Waals surface area contributed by atoms with Gasteiger partial charge in [-0.2, -0.15) is 0 Å². The second kappa shape index (κ2) is 4.80. The van der Waals surface area contributed by atoms with E-state index < -0.39 is 5.97 Å². The molecule has 7 heteroatoms. The van der Waals surface area contributed by atoms with E-state index in [1.54, 1.807) is 10.3 Å². The predicted octanol–water partition coefficient (Wildman–Crippen LogP) is 0.241. The van der Waals surface area contributed by atoms with Crippen molar-refractivity contribution in [1.29, 1.82) is 0 Å². The van der Waals surface area contributed by atoms with Crippen molar-refractivity contribution in [2.45, 2.75) is 6.42 Å². The zero-order valence-corrected chi connectivity index (χ0v) is 10.2. The number of rotatable bonds is 3. The summed E-state index contributed by atoms with van der Waals surface area (Å²) in [5.41, 5.74) is 5.77. The number of anilines is 1. The van der Waals surface area contributed by atoms with Crippen molar-refractivity contribution in [3.05, 3.63) is 11.1 Å². The number of hydrogen-bond acceptors (Lipinski definition) is 6. The van der Waals surface area contributed by atoms with Gasteiger partial charge in [-0.1, -0.05) is 0 Å². The summed E-state index contributed by atoms with van der Waals surface area (Å²) in [5.74, 6) is -0.311. The van der Waals surface area contributed by atoms with Crippen molar-refractivity contribution in [3.8, 4) is 0 Å². The van der Waals surface area contributed by atoms with Crippen LogP contribution in [0.5, 0.6) is 0 Å². The molecule has 1 saturated heterocycles. The Morgan fingerprint density at radius 3 is 3.12 bits per heavy atom. The highest BCUT2D eigenvalue weighted by atomic mass is 32.1. The first-order valence-electron chi connectivity index (χ1n) is 5.20. The van der Waals surface area contributed by atoms with Gasteiger partial charge in [0.15, 0.2) is 10.8 Å². The average Bonchev–Trinajstić information content (AvgIpc) is 2.94. The molecule has 1 fully saturated rings. The molecule has 1 aromatic rings. The molecule has 0 aromatic carbocycles. The van der Waals surface area contributed by atoms with E-state index in [1.807, 2.05) is 0 Å². The lowest BCUT2D eigenvalue weighted by Gasteiger charge is -2.11. The highest BCUT2D eigenvalue weighted by molar-refractivity contribution is 7.14. The van der Waals surface area contributed by atoms with Gasteiger partial charge in [-0.05, 0) is 12.5 Å². The van der Waals surface area contributed by atoms with Gasteiger partial charge in [-0.15, -0.1) is 11.3 Å². The monoisotopic (exact) mass is 255 g/mol. The van der Waals surface area contributed by atoms with Crippen LogP contribution < -0.4 is 10.6 Å². The molecule has 1 aliphatic rings. The Morgan fingerprint density at radius 1 is 1.76 bits per heavy atom. The Kier molecular flexibility index (Phi) is 3.39. The number of amides is 1. The molecule has 2 rings (SSSR count). The maximum atomic E-state index is 11.7. The normalized spacial score (nSPS) is 19.8. The molecule has 0 spiro atoms. The second-order valence-corrected chi connectivity index (χ2v) is 4.65. The van der Waals surface area contributed by atoms with Crippen LogP contribution in [0.4, 0.5) is 5.13 Å². The van der Waals surface area contributed by atoms with Crippen LogP contribution in [0.25, 0.3) is 0 Å². The smallest absolute Gasteiger partial charge is 0.357 e. The van der Waals surface area contributed by atoms with E-state index in [4.69, 9.17) is 5.73 Å². The van der Waals surface area contributed by atoms with Crippen LogP contribution in [0.1, 0.15) is 16.9 Å². The topological polar surface area (TPSA) is 85.5 Å². The summed E-state index contributed by atoms with van der Waals surface area (Å²) in [7, 11) is 1.30. The quantitative estimate of drug-likeness (QED) is 0.782. The van der Waals surface area contributed by atoms with E-state index in [2.05, 4.69) is 9.72 Å². The molecular weight excluding hydrogens is 242 g/mol. The molecule has 17 heavy (non-hydrogen) atoms. The molecule has 0 aliphatic carbocycles. The first-order valence-corrected chi connectivity index (χ1v) is 6.08. The van der Waals surface area contributed by atoms with Gasteiger partial charge in [0.1, 0.15) is 0 Å². The third kappa shape index (κ3) is 2.29. The second-order valence-electron chi connectivity index (χ2n) is 3.82. The lowest BCUT2D eigenvalue weighted by atomic mass is 10.1. The van der Waals surface area contributed by atoms with Crippen LogP contribution >= 0.6 is 11.3 Å². The Labute approximate surface area is 102 Å². The molecule has 1 aromatic heterocycles. The lowest BCUT2D eigenvalue weighted by molar-refractivity contribution is -0.117. The van der Waals surface area contributed by atoms with E-state index in [-0.39, 0.29) is 17.5 Å². The van der Waals surface area contributed by atoms with Crippen molar-refractivity contribution in [2.24, 2.45) is 11.7 Å². The molecule has 2 N–H and O–H groups in total. The van der Waals surface area contributed by atoms with Crippen molar-refractivity contribution < 1.29 is 14.3 Å². The van der Waals surface area contributed by atoms with Gasteiger partial charge < -0.3 is 10.5 Å². The molecule has 0 radical (unpaired) electrons. The Hall–Kier alpha value is -1.47. The van der Waals surface area contributed by atoms with Crippen LogP contribution in [-0.4, -0.2) is 37.1 Å². The molecule has 1 amide bonds.